The van der Waals surface area contributed by atoms with Crippen LogP contribution in [0.25, 0.3) is 0 Å². The molecule has 0 heterocycles. The number of aliphatic carboxylic acids is 1. The minimum Gasteiger partial charge on any atom is -0.480 e. The second-order valence-electron chi connectivity index (χ2n) is 5.12. The highest BCUT2D eigenvalue weighted by Gasteiger charge is 2.25. The topological polar surface area (TPSA) is 124 Å². The Morgan fingerprint density at radius 1 is 1.29 bits per heavy atom. The molecule has 21 heavy (non-hydrogen) atoms. The first-order chi connectivity index (χ1) is 9.58. The molecule has 8 nitrogen and oxygen atoms in total. The van der Waals surface area contributed by atoms with Crippen LogP contribution in [-0.2, 0) is 14.6 Å². The van der Waals surface area contributed by atoms with Gasteiger partial charge in [-0.05, 0) is 26.7 Å². The van der Waals surface area contributed by atoms with Crippen molar-refractivity contribution in [3.8, 4) is 0 Å². The number of amides is 2. The van der Waals surface area contributed by atoms with Gasteiger partial charge in [0.15, 0.2) is 0 Å². The summed E-state index contributed by atoms with van der Waals surface area (Å²) in [4.78, 5) is 24.5. The monoisotopic (exact) mass is 324 g/mol. The lowest BCUT2D eigenvalue weighted by Gasteiger charge is -2.28. The molecule has 0 spiro atoms. The van der Waals surface area contributed by atoms with Gasteiger partial charge in [-0.1, -0.05) is 0 Å². The van der Waals surface area contributed by atoms with Crippen molar-refractivity contribution >= 4 is 21.8 Å². The van der Waals surface area contributed by atoms with E-state index in [1.54, 1.807) is 13.8 Å². The summed E-state index contributed by atoms with van der Waals surface area (Å²) < 4.78 is 22.2. The van der Waals surface area contributed by atoms with Crippen LogP contribution in [0.1, 0.15) is 26.7 Å². The van der Waals surface area contributed by atoms with Crippen molar-refractivity contribution in [1.82, 2.24) is 10.2 Å². The van der Waals surface area contributed by atoms with Crippen LogP contribution in [-0.4, -0.2) is 72.8 Å². The first-order valence-corrected chi connectivity index (χ1v) is 8.73. The van der Waals surface area contributed by atoms with Crippen LogP contribution in [0.3, 0.4) is 0 Å². The van der Waals surface area contributed by atoms with Gasteiger partial charge in [0.1, 0.15) is 15.9 Å². The number of hydrogen-bond donors (Lipinski definition) is 3. The zero-order chi connectivity index (χ0) is 16.6. The molecular formula is C12H24N2O6S. The molecule has 0 saturated carbocycles. The first kappa shape index (κ1) is 19.7. The number of aliphatic hydroxyl groups is 1. The maximum absolute atomic E-state index is 12.1. The smallest absolute Gasteiger partial charge is 0.326 e. The second kappa shape index (κ2) is 8.83. The summed E-state index contributed by atoms with van der Waals surface area (Å²) >= 11 is 0. The third kappa shape index (κ3) is 8.51. The van der Waals surface area contributed by atoms with E-state index in [4.69, 9.17) is 10.2 Å². The molecule has 0 aliphatic rings. The van der Waals surface area contributed by atoms with Gasteiger partial charge in [0.25, 0.3) is 0 Å². The van der Waals surface area contributed by atoms with Gasteiger partial charge in [0, 0.05) is 25.4 Å². The van der Waals surface area contributed by atoms with E-state index in [2.05, 4.69) is 5.32 Å². The standard InChI is InChI=1S/C12H24N2O6S/c1-9(2)14(6-4-7-15)12(18)13-10(11(16)17)5-8-21(3,19)20/h9-10,15H,4-8H2,1-3H3,(H,13,18)(H,16,17). The van der Waals surface area contributed by atoms with Crippen molar-refractivity contribution in [3.05, 3.63) is 0 Å². The summed E-state index contributed by atoms with van der Waals surface area (Å²) in [6.45, 7) is 3.75. The van der Waals surface area contributed by atoms with E-state index in [1.807, 2.05) is 0 Å². The zero-order valence-electron chi connectivity index (χ0n) is 12.6. The highest BCUT2D eigenvalue weighted by molar-refractivity contribution is 7.90. The number of carboxylic acids is 1. The summed E-state index contributed by atoms with van der Waals surface area (Å²) in [5, 5.41) is 20.2. The van der Waals surface area contributed by atoms with Gasteiger partial charge in [-0.15, -0.1) is 0 Å². The number of urea groups is 1. The van der Waals surface area contributed by atoms with Crippen LogP contribution >= 0.6 is 0 Å². The Hall–Kier alpha value is -1.35. The molecular weight excluding hydrogens is 300 g/mol. The van der Waals surface area contributed by atoms with Crippen molar-refractivity contribution in [2.45, 2.75) is 38.8 Å². The van der Waals surface area contributed by atoms with Crippen LogP contribution in [0.4, 0.5) is 4.79 Å². The first-order valence-electron chi connectivity index (χ1n) is 6.67. The molecule has 0 radical (unpaired) electrons. The molecule has 0 aromatic rings. The summed E-state index contributed by atoms with van der Waals surface area (Å²) in [5.74, 6) is -1.60. The Morgan fingerprint density at radius 2 is 1.86 bits per heavy atom. The minimum absolute atomic E-state index is 0.0765. The number of nitrogens with zero attached hydrogens (tertiary/aromatic N) is 1. The Morgan fingerprint density at radius 3 is 2.24 bits per heavy atom. The summed E-state index contributed by atoms with van der Waals surface area (Å²) in [7, 11) is -3.30. The number of rotatable bonds is 9. The highest BCUT2D eigenvalue weighted by atomic mass is 32.2. The van der Waals surface area contributed by atoms with Gasteiger partial charge in [0.05, 0.1) is 5.75 Å². The molecule has 1 unspecified atom stereocenters. The normalized spacial score (nSPS) is 13.0. The van der Waals surface area contributed by atoms with E-state index in [1.165, 1.54) is 4.90 Å². The van der Waals surface area contributed by atoms with Gasteiger partial charge in [0.2, 0.25) is 0 Å². The Kier molecular flexibility index (Phi) is 8.26. The van der Waals surface area contributed by atoms with Gasteiger partial charge in [-0.25, -0.2) is 18.0 Å². The SMILES string of the molecule is CC(C)N(CCCO)C(=O)NC(CCS(C)(=O)=O)C(=O)O. The summed E-state index contributed by atoms with van der Waals surface area (Å²) in [5.41, 5.74) is 0. The lowest BCUT2D eigenvalue weighted by molar-refractivity contribution is -0.139. The fourth-order valence-electron chi connectivity index (χ4n) is 1.66. The predicted octanol–water partition coefficient (Wildman–Crippen LogP) is -0.323. The molecule has 0 aromatic heterocycles. The lowest BCUT2D eigenvalue weighted by Crippen LogP contribution is -2.51. The van der Waals surface area contributed by atoms with E-state index < -0.39 is 27.9 Å². The number of carbonyl (C=O) groups is 2. The average Bonchev–Trinajstić information content (AvgIpc) is 2.32. The largest absolute Gasteiger partial charge is 0.480 e. The molecule has 1 atom stereocenters. The molecule has 0 aliphatic carbocycles. The quantitative estimate of drug-likeness (QED) is 0.534. The van der Waals surface area contributed by atoms with E-state index >= 15 is 0 Å². The number of nitrogens with one attached hydrogen (secondary N) is 1. The van der Waals surface area contributed by atoms with Gasteiger partial charge < -0.3 is 20.4 Å². The number of carboxylic acid groups (broad SMARTS) is 1. The Labute approximate surface area is 125 Å². The number of aliphatic hydroxyl groups excluding tert-OH is 1. The number of carbonyl (C=O) groups excluding carboxylic acids is 1. The van der Waals surface area contributed by atoms with Gasteiger partial charge in [-0.3, -0.25) is 0 Å². The van der Waals surface area contributed by atoms with Crippen molar-refractivity contribution in [2.24, 2.45) is 0 Å². The average molecular weight is 324 g/mol. The van der Waals surface area contributed by atoms with Crippen molar-refractivity contribution < 1.29 is 28.2 Å². The van der Waals surface area contributed by atoms with Crippen LogP contribution in [0, 0.1) is 0 Å². The lowest BCUT2D eigenvalue weighted by atomic mass is 10.2. The van der Waals surface area contributed by atoms with Gasteiger partial charge in [-0.2, -0.15) is 0 Å². The summed E-state index contributed by atoms with van der Waals surface area (Å²) in [6.07, 6.45) is 1.20. The van der Waals surface area contributed by atoms with Crippen LogP contribution < -0.4 is 5.32 Å². The molecule has 0 aliphatic heterocycles. The Bertz CT molecular complexity index is 449. The van der Waals surface area contributed by atoms with E-state index in [0.29, 0.717) is 13.0 Å². The third-order valence-corrected chi connectivity index (χ3v) is 3.79. The molecule has 0 saturated heterocycles. The van der Waals surface area contributed by atoms with Gasteiger partial charge >= 0.3 is 12.0 Å². The highest BCUT2D eigenvalue weighted by Crippen LogP contribution is 2.04. The second-order valence-corrected chi connectivity index (χ2v) is 7.38. The molecule has 124 valence electrons. The maximum Gasteiger partial charge on any atom is 0.326 e. The van der Waals surface area contributed by atoms with E-state index in [9.17, 15) is 18.0 Å². The molecule has 0 aromatic carbocycles. The fourth-order valence-corrected chi connectivity index (χ4v) is 2.32. The molecule has 9 heteroatoms. The molecule has 3 N–H and O–H groups in total. The molecule has 2 amide bonds. The van der Waals surface area contributed by atoms with Crippen LogP contribution in [0.15, 0.2) is 0 Å². The number of sulfone groups is 1. The third-order valence-electron chi connectivity index (χ3n) is 2.81. The van der Waals surface area contributed by atoms with Crippen molar-refractivity contribution in [2.75, 3.05) is 25.2 Å². The van der Waals surface area contributed by atoms with Crippen LogP contribution in [0.5, 0.6) is 0 Å². The zero-order valence-corrected chi connectivity index (χ0v) is 13.4. The molecule has 0 fully saturated rings. The molecule has 0 rings (SSSR count). The summed E-state index contributed by atoms with van der Waals surface area (Å²) in [6, 6.07) is -2.01. The Balaban J connectivity index is 4.74. The maximum atomic E-state index is 12.1. The predicted molar refractivity (Wildman–Crippen MR) is 77.8 cm³/mol. The number of hydrogen-bond acceptors (Lipinski definition) is 5. The molecule has 0 bridgehead atoms. The van der Waals surface area contributed by atoms with Crippen molar-refractivity contribution in [1.29, 1.82) is 0 Å². The van der Waals surface area contributed by atoms with Crippen molar-refractivity contribution in [3.63, 3.8) is 0 Å². The van der Waals surface area contributed by atoms with E-state index in [-0.39, 0.29) is 24.8 Å². The van der Waals surface area contributed by atoms with Crippen LogP contribution in [0.2, 0.25) is 0 Å². The van der Waals surface area contributed by atoms with E-state index in [0.717, 1.165) is 6.26 Å². The fraction of sp³-hybridized carbons (Fsp3) is 0.833. The minimum atomic E-state index is -3.30.